The van der Waals surface area contributed by atoms with E-state index in [-0.39, 0.29) is 0 Å². The van der Waals surface area contributed by atoms with Crippen molar-refractivity contribution in [3.05, 3.63) is 40.6 Å². The zero-order valence-electron chi connectivity index (χ0n) is 11.8. The molecule has 0 saturated heterocycles. The lowest BCUT2D eigenvalue weighted by Crippen LogP contribution is -2.00. The van der Waals surface area contributed by atoms with Crippen molar-refractivity contribution in [2.45, 2.75) is 26.2 Å². The van der Waals surface area contributed by atoms with Gasteiger partial charge in [0.1, 0.15) is 22.4 Å². The summed E-state index contributed by atoms with van der Waals surface area (Å²) in [6.45, 7) is 2.21. The number of hydrogen-bond acceptors (Lipinski definition) is 4. The molecule has 0 amide bonds. The van der Waals surface area contributed by atoms with Crippen LogP contribution in [0.1, 0.15) is 25.3 Å². The molecule has 2 N–H and O–H groups in total. The van der Waals surface area contributed by atoms with E-state index in [0.717, 1.165) is 28.2 Å². The molecule has 0 unspecified atom stereocenters. The van der Waals surface area contributed by atoms with Gasteiger partial charge in [-0.1, -0.05) is 25.5 Å². The average Bonchev–Trinajstić information content (AvgIpc) is 2.48. The number of benzene rings is 1. The van der Waals surface area contributed by atoms with Gasteiger partial charge >= 0.3 is 0 Å². The summed E-state index contributed by atoms with van der Waals surface area (Å²) >= 11 is 3.50. The molecule has 0 spiro atoms. The standard InChI is InChI=1S/C15H19BrN4/c1-3-4-5-11-6-8-12(9-7-11)20-15-13(16)14(17-2)18-10-19-15/h6-10H,3-5H2,1-2H3,(H2,17,18,19,20). The number of hydrogen-bond donors (Lipinski definition) is 2. The van der Waals surface area contributed by atoms with Crippen molar-refractivity contribution in [3.63, 3.8) is 0 Å². The minimum Gasteiger partial charge on any atom is -0.372 e. The summed E-state index contributed by atoms with van der Waals surface area (Å²) in [5, 5.41) is 6.31. The molecule has 1 heterocycles. The molecular formula is C15H19BrN4. The van der Waals surface area contributed by atoms with Crippen molar-refractivity contribution in [1.82, 2.24) is 9.97 Å². The zero-order valence-corrected chi connectivity index (χ0v) is 13.4. The summed E-state index contributed by atoms with van der Waals surface area (Å²) in [6, 6.07) is 8.48. The number of nitrogens with one attached hydrogen (secondary N) is 2. The largest absolute Gasteiger partial charge is 0.372 e. The van der Waals surface area contributed by atoms with Crippen LogP contribution >= 0.6 is 15.9 Å². The third-order valence-electron chi connectivity index (χ3n) is 3.06. The molecule has 0 fully saturated rings. The van der Waals surface area contributed by atoms with Crippen LogP contribution in [0.4, 0.5) is 17.3 Å². The van der Waals surface area contributed by atoms with Crippen LogP contribution in [-0.4, -0.2) is 17.0 Å². The molecular weight excluding hydrogens is 316 g/mol. The van der Waals surface area contributed by atoms with Gasteiger partial charge in [0, 0.05) is 12.7 Å². The number of aryl methyl sites for hydroxylation is 1. The Balaban J connectivity index is 2.10. The Morgan fingerprint density at radius 2 is 1.80 bits per heavy atom. The normalized spacial score (nSPS) is 10.3. The smallest absolute Gasteiger partial charge is 0.150 e. The Labute approximate surface area is 128 Å². The number of nitrogens with zero attached hydrogens (tertiary/aromatic N) is 2. The predicted molar refractivity (Wildman–Crippen MR) is 87.6 cm³/mol. The average molecular weight is 335 g/mol. The first-order valence-corrected chi connectivity index (χ1v) is 7.58. The molecule has 106 valence electrons. The summed E-state index contributed by atoms with van der Waals surface area (Å²) in [7, 11) is 1.83. The van der Waals surface area contributed by atoms with Crippen LogP contribution in [0, 0.1) is 0 Å². The van der Waals surface area contributed by atoms with E-state index in [1.165, 1.54) is 24.7 Å². The van der Waals surface area contributed by atoms with Gasteiger partial charge < -0.3 is 10.6 Å². The Hall–Kier alpha value is -1.62. The third-order valence-corrected chi connectivity index (χ3v) is 3.81. The fourth-order valence-corrected chi connectivity index (χ4v) is 2.41. The molecule has 0 bridgehead atoms. The highest BCUT2D eigenvalue weighted by Crippen LogP contribution is 2.28. The van der Waals surface area contributed by atoms with E-state index in [1.54, 1.807) is 0 Å². The van der Waals surface area contributed by atoms with Crippen LogP contribution in [0.25, 0.3) is 0 Å². The maximum Gasteiger partial charge on any atom is 0.150 e. The number of rotatable bonds is 6. The predicted octanol–water partition coefficient (Wildman–Crippen LogP) is 4.37. The summed E-state index contributed by atoms with van der Waals surface area (Å²) in [5.74, 6) is 1.52. The van der Waals surface area contributed by atoms with Crippen molar-refractivity contribution < 1.29 is 0 Å². The van der Waals surface area contributed by atoms with Gasteiger partial charge in [-0.2, -0.15) is 0 Å². The molecule has 2 rings (SSSR count). The fraction of sp³-hybridized carbons (Fsp3) is 0.333. The van der Waals surface area contributed by atoms with E-state index in [1.807, 2.05) is 7.05 Å². The van der Waals surface area contributed by atoms with E-state index in [0.29, 0.717) is 0 Å². The Morgan fingerprint density at radius 1 is 1.10 bits per heavy atom. The van der Waals surface area contributed by atoms with Gasteiger partial charge in [0.2, 0.25) is 0 Å². The monoisotopic (exact) mass is 334 g/mol. The SMILES string of the molecule is CCCCc1ccc(Nc2ncnc(NC)c2Br)cc1. The lowest BCUT2D eigenvalue weighted by molar-refractivity contribution is 0.795. The van der Waals surface area contributed by atoms with Crippen molar-refractivity contribution in [2.24, 2.45) is 0 Å². The molecule has 0 radical (unpaired) electrons. The van der Waals surface area contributed by atoms with Gasteiger partial charge in [0.25, 0.3) is 0 Å². The van der Waals surface area contributed by atoms with Crippen molar-refractivity contribution in [1.29, 1.82) is 0 Å². The van der Waals surface area contributed by atoms with Gasteiger partial charge in [-0.3, -0.25) is 0 Å². The maximum absolute atomic E-state index is 4.25. The summed E-state index contributed by atoms with van der Waals surface area (Å²) < 4.78 is 0.831. The van der Waals surface area contributed by atoms with Crippen molar-refractivity contribution in [3.8, 4) is 0 Å². The minimum atomic E-state index is 0.755. The Kier molecular flexibility index (Phi) is 5.35. The topological polar surface area (TPSA) is 49.8 Å². The lowest BCUT2D eigenvalue weighted by Gasteiger charge is -2.10. The molecule has 0 saturated carbocycles. The second-order valence-corrected chi connectivity index (χ2v) is 5.35. The molecule has 5 heteroatoms. The highest BCUT2D eigenvalue weighted by molar-refractivity contribution is 9.10. The molecule has 0 aliphatic rings. The second-order valence-electron chi connectivity index (χ2n) is 4.56. The van der Waals surface area contributed by atoms with Crippen LogP contribution in [0.2, 0.25) is 0 Å². The maximum atomic E-state index is 4.25. The Morgan fingerprint density at radius 3 is 2.45 bits per heavy atom. The van der Waals surface area contributed by atoms with E-state index in [4.69, 9.17) is 0 Å². The minimum absolute atomic E-state index is 0.755. The number of anilines is 3. The third kappa shape index (κ3) is 3.70. The summed E-state index contributed by atoms with van der Waals surface area (Å²) in [4.78, 5) is 8.38. The fourth-order valence-electron chi connectivity index (χ4n) is 1.90. The van der Waals surface area contributed by atoms with E-state index >= 15 is 0 Å². The molecule has 20 heavy (non-hydrogen) atoms. The highest BCUT2D eigenvalue weighted by atomic mass is 79.9. The Bertz CT molecular complexity index is 554. The van der Waals surface area contributed by atoms with Gasteiger partial charge in [0.05, 0.1) is 0 Å². The van der Waals surface area contributed by atoms with Crippen molar-refractivity contribution >= 4 is 33.3 Å². The summed E-state index contributed by atoms with van der Waals surface area (Å²) in [5.41, 5.74) is 2.39. The van der Waals surface area contributed by atoms with Crippen molar-refractivity contribution in [2.75, 3.05) is 17.7 Å². The highest BCUT2D eigenvalue weighted by Gasteiger charge is 2.07. The molecule has 0 aliphatic carbocycles. The number of aromatic nitrogens is 2. The zero-order chi connectivity index (χ0) is 14.4. The first-order valence-electron chi connectivity index (χ1n) is 6.78. The van der Waals surface area contributed by atoms with Crippen LogP contribution < -0.4 is 10.6 Å². The van der Waals surface area contributed by atoms with Crippen LogP contribution in [0.5, 0.6) is 0 Å². The summed E-state index contributed by atoms with van der Waals surface area (Å²) in [6.07, 6.45) is 5.13. The van der Waals surface area contributed by atoms with Gasteiger partial charge in [-0.05, 0) is 46.5 Å². The first-order chi connectivity index (χ1) is 9.74. The second kappa shape index (κ2) is 7.24. The van der Waals surface area contributed by atoms with Gasteiger partial charge in [0.15, 0.2) is 0 Å². The van der Waals surface area contributed by atoms with Gasteiger partial charge in [-0.15, -0.1) is 0 Å². The number of halogens is 1. The van der Waals surface area contributed by atoms with Crippen LogP contribution in [0.15, 0.2) is 35.1 Å². The number of unbranched alkanes of at least 4 members (excludes halogenated alkanes) is 1. The lowest BCUT2D eigenvalue weighted by atomic mass is 10.1. The van der Waals surface area contributed by atoms with Crippen LogP contribution in [-0.2, 0) is 6.42 Å². The van der Waals surface area contributed by atoms with E-state index in [9.17, 15) is 0 Å². The molecule has 4 nitrogen and oxygen atoms in total. The molecule has 1 aromatic carbocycles. The molecule has 2 aromatic rings. The molecule has 0 atom stereocenters. The first kappa shape index (κ1) is 14.8. The van der Waals surface area contributed by atoms with E-state index < -0.39 is 0 Å². The van der Waals surface area contributed by atoms with Crippen LogP contribution in [0.3, 0.4) is 0 Å². The molecule has 1 aromatic heterocycles. The quantitative estimate of drug-likeness (QED) is 0.823. The van der Waals surface area contributed by atoms with Gasteiger partial charge in [-0.25, -0.2) is 9.97 Å². The van der Waals surface area contributed by atoms with E-state index in [2.05, 4.69) is 67.7 Å². The molecule has 0 aliphatic heterocycles.